The fourth-order valence-corrected chi connectivity index (χ4v) is 5.69. The molecule has 0 heterocycles. The zero-order chi connectivity index (χ0) is 27.9. The molecular weight excluding hydrogens is 549 g/mol. The lowest BCUT2D eigenvalue weighted by atomic mass is 10.1. The smallest absolute Gasteiger partial charge is 0.264 e. The van der Waals surface area contributed by atoms with Gasteiger partial charge < -0.3 is 15.0 Å². The number of benzene rings is 3. The van der Waals surface area contributed by atoms with E-state index in [4.69, 9.17) is 27.9 Å². The van der Waals surface area contributed by atoms with Crippen molar-refractivity contribution < 1.29 is 22.7 Å². The Hall–Kier alpha value is -3.27. The zero-order valence-corrected chi connectivity index (χ0v) is 23.6. The molecule has 38 heavy (non-hydrogen) atoms. The molecule has 2 amide bonds. The van der Waals surface area contributed by atoms with Gasteiger partial charge in [-0.25, -0.2) is 8.42 Å². The number of hydrogen-bond acceptors (Lipinski definition) is 5. The lowest BCUT2D eigenvalue weighted by Gasteiger charge is -2.32. The van der Waals surface area contributed by atoms with Crippen molar-refractivity contribution in [2.45, 2.75) is 31.3 Å². The number of likely N-dealkylation sites (N-methyl/N-ethyl adjacent to an activating group) is 1. The summed E-state index contributed by atoms with van der Waals surface area (Å²) in [7, 11) is -2.75. The van der Waals surface area contributed by atoms with Gasteiger partial charge >= 0.3 is 0 Å². The number of ether oxygens (including phenoxy) is 1. The van der Waals surface area contributed by atoms with Crippen LogP contribution in [0.5, 0.6) is 5.75 Å². The van der Waals surface area contributed by atoms with Crippen molar-refractivity contribution >= 4 is 50.7 Å². The predicted molar refractivity (Wildman–Crippen MR) is 149 cm³/mol. The highest BCUT2D eigenvalue weighted by atomic mass is 35.5. The van der Waals surface area contributed by atoms with E-state index in [0.717, 1.165) is 4.31 Å². The van der Waals surface area contributed by atoms with Crippen molar-refractivity contribution in [2.75, 3.05) is 24.5 Å². The summed E-state index contributed by atoms with van der Waals surface area (Å²) in [6.45, 7) is 3.20. The molecule has 0 unspecified atom stereocenters. The van der Waals surface area contributed by atoms with Crippen molar-refractivity contribution in [3.05, 3.63) is 88.4 Å². The summed E-state index contributed by atoms with van der Waals surface area (Å²) >= 11 is 12.4. The van der Waals surface area contributed by atoms with Crippen molar-refractivity contribution in [2.24, 2.45) is 0 Å². The standard InChI is InChI=1S/C27H29Cl2N3O5S/c1-4-30-27(34)19(2)31(17-20-9-8-10-21(28)15-20)26(33)18-32(22-13-14-25(37-3)24(29)16-22)38(35,36)23-11-6-5-7-12-23/h5-16,19H,4,17-18H2,1-3H3,(H,30,34)/t19-/m0/s1. The number of methoxy groups -OCH3 is 1. The molecule has 0 radical (unpaired) electrons. The maximum Gasteiger partial charge on any atom is 0.264 e. The van der Waals surface area contributed by atoms with Crippen molar-refractivity contribution in [1.29, 1.82) is 0 Å². The van der Waals surface area contributed by atoms with Crippen molar-refractivity contribution in [3.63, 3.8) is 0 Å². The van der Waals surface area contributed by atoms with Gasteiger partial charge in [-0.3, -0.25) is 13.9 Å². The normalized spacial score (nSPS) is 11.9. The minimum absolute atomic E-state index is 0.00194. The second-order valence-electron chi connectivity index (χ2n) is 8.37. The van der Waals surface area contributed by atoms with E-state index < -0.39 is 28.5 Å². The summed E-state index contributed by atoms with van der Waals surface area (Å²) in [6.07, 6.45) is 0. The minimum Gasteiger partial charge on any atom is -0.495 e. The van der Waals surface area contributed by atoms with Crippen LogP contribution in [0.3, 0.4) is 0 Å². The number of sulfonamides is 1. The average molecular weight is 579 g/mol. The first-order chi connectivity index (χ1) is 18.1. The molecule has 0 aromatic heterocycles. The van der Waals surface area contributed by atoms with Gasteiger partial charge in [0.25, 0.3) is 10.0 Å². The van der Waals surface area contributed by atoms with Gasteiger partial charge in [0.15, 0.2) is 0 Å². The van der Waals surface area contributed by atoms with Gasteiger partial charge in [-0.2, -0.15) is 0 Å². The molecule has 1 atom stereocenters. The van der Waals surface area contributed by atoms with E-state index in [9.17, 15) is 18.0 Å². The molecule has 0 aliphatic heterocycles. The molecule has 3 aromatic carbocycles. The SMILES string of the molecule is CCNC(=O)[C@H](C)N(Cc1cccc(Cl)c1)C(=O)CN(c1ccc(OC)c(Cl)c1)S(=O)(=O)c1ccccc1. The Bertz CT molecular complexity index is 1390. The van der Waals surface area contributed by atoms with Crippen LogP contribution in [0.4, 0.5) is 5.69 Å². The third kappa shape index (κ3) is 6.98. The summed E-state index contributed by atoms with van der Waals surface area (Å²) in [5.74, 6) is -0.603. The number of nitrogens with zero attached hydrogens (tertiary/aromatic N) is 2. The van der Waals surface area contributed by atoms with Gasteiger partial charge in [-0.05, 0) is 61.9 Å². The van der Waals surface area contributed by atoms with Crippen molar-refractivity contribution in [3.8, 4) is 5.75 Å². The highest BCUT2D eigenvalue weighted by Gasteiger charge is 2.32. The summed E-state index contributed by atoms with van der Waals surface area (Å²) < 4.78 is 33.7. The maximum absolute atomic E-state index is 13.8. The molecule has 1 N–H and O–H groups in total. The predicted octanol–water partition coefficient (Wildman–Crippen LogP) is 4.75. The van der Waals surface area contributed by atoms with Crippen LogP contribution in [-0.4, -0.2) is 51.4 Å². The Morgan fingerprint density at radius 2 is 1.71 bits per heavy atom. The number of carbonyl (C=O) groups excluding carboxylic acids is 2. The first-order valence-corrected chi connectivity index (χ1v) is 14.0. The Balaban J connectivity index is 2.05. The second-order valence-corrected chi connectivity index (χ2v) is 11.1. The molecule has 0 fully saturated rings. The number of nitrogens with one attached hydrogen (secondary N) is 1. The monoisotopic (exact) mass is 577 g/mol. The highest BCUT2D eigenvalue weighted by Crippen LogP contribution is 2.32. The van der Waals surface area contributed by atoms with E-state index in [0.29, 0.717) is 22.9 Å². The molecule has 0 aliphatic carbocycles. The van der Waals surface area contributed by atoms with E-state index in [1.54, 1.807) is 56.3 Å². The van der Waals surface area contributed by atoms with E-state index in [1.165, 1.54) is 42.3 Å². The number of amides is 2. The third-order valence-corrected chi connectivity index (χ3v) is 8.11. The first-order valence-electron chi connectivity index (χ1n) is 11.8. The summed E-state index contributed by atoms with van der Waals surface area (Å²) in [4.78, 5) is 27.9. The topological polar surface area (TPSA) is 96.0 Å². The average Bonchev–Trinajstić information content (AvgIpc) is 2.90. The van der Waals surface area contributed by atoms with Gasteiger partial charge in [0, 0.05) is 18.1 Å². The molecular formula is C27H29Cl2N3O5S. The van der Waals surface area contributed by atoms with Gasteiger partial charge in [0.2, 0.25) is 11.8 Å². The van der Waals surface area contributed by atoms with Crippen LogP contribution >= 0.6 is 23.2 Å². The molecule has 8 nitrogen and oxygen atoms in total. The number of hydrogen-bond donors (Lipinski definition) is 1. The van der Waals surface area contributed by atoms with Gasteiger partial charge in [-0.1, -0.05) is 53.5 Å². The molecule has 0 bridgehead atoms. The molecule has 0 saturated carbocycles. The van der Waals surface area contributed by atoms with E-state index in [2.05, 4.69) is 5.32 Å². The third-order valence-electron chi connectivity index (χ3n) is 5.79. The lowest BCUT2D eigenvalue weighted by molar-refractivity contribution is -0.139. The number of halogens is 2. The Labute approximate surface area is 233 Å². The fraction of sp³-hybridized carbons (Fsp3) is 0.259. The minimum atomic E-state index is -4.19. The summed E-state index contributed by atoms with van der Waals surface area (Å²) in [5.41, 5.74) is 0.855. The highest BCUT2D eigenvalue weighted by molar-refractivity contribution is 7.92. The van der Waals surface area contributed by atoms with Crippen molar-refractivity contribution in [1.82, 2.24) is 10.2 Å². The first kappa shape index (κ1) is 29.3. The molecule has 0 saturated heterocycles. The molecule has 0 spiro atoms. The Kier molecular flexibility index (Phi) is 10.0. The summed E-state index contributed by atoms with van der Waals surface area (Å²) in [5, 5.41) is 3.37. The lowest BCUT2D eigenvalue weighted by Crippen LogP contribution is -2.51. The number of rotatable bonds is 11. The van der Waals surface area contributed by atoms with Crippen LogP contribution in [0, 0.1) is 0 Å². The molecule has 3 rings (SSSR count). The van der Waals surface area contributed by atoms with Gasteiger partial charge in [0.1, 0.15) is 18.3 Å². The zero-order valence-electron chi connectivity index (χ0n) is 21.2. The van der Waals surface area contributed by atoms with Crippen LogP contribution in [0.25, 0.3) is 0 Å². The molecule has 202 valence electrons. The van der Waals surface area contributed by atoms with E-state index in [-0.39, 0.29) is 28.1 Å². The van der Waals surface area contributed by atoms with Crippen LogP contribution < -0.4 is 14.4 Å². The van der Waals surface area contributed by atoms with Crippen LogP contribution in [-0.2, 0) is 26.2 Å². The summed E-state index contributed by atoms with van der Waals surface area (Å²) in [6, 6.07) is 18.2. The quantitative estimate of drug-likeness (QED) is 0.354. The number of carbonyl (C=O) groups is 2. The van der Waals surface area contributed by atoms with Crippen LogP contribution in [0.2, 0.25) is 10.0 Å². The number of anilines is 1. The molecule has 0 aliphatic rings. The largest absolute Gasteiger partial charge is 0.495 e. The van der Waals surface area contributed by atoms with Crippen LogP contribution in [0.1, 0.15) is 19.4 Å². The van der Waals surface area contributed by atoms with Gasteiger partial charge in [0.05, 0.1) is 22.7 Å². The molecule has 3 aromatic rings. The van der Waals surface area contributed by atoms with E-state index >= 15 is 0 Å². The Morgan fingerprint density at radius 3 is 2.32 bits per heavy atom. The van der Waals surface area contributed by atoms with Crippen LogP contribution in [0.15, 0.2) is 77.7 Å². The molecule has 11 heteroatoms. The fourth-order valence-electron chi connectivity index (χ4n) is 3.80. The van der Waals surface area contributed by atoms with E-state index in [1.807, 2.05) is 0 Å². The second kappa shape index (κ2) is 13.0. The Morgan fingerprint density at radius 1 is 1.00 bits per heavy atom. The maximum atomic E-state index is 13.8. The van der Waals surface area contributed by atoms with Gasteiger partial charge in [-0.15, -0.1) is 0 Å².